The Kier molecular flexibility index (Phi) is 5.47. The highest BCUT2D eigenvalue weighted by Crippen LogP contribution is 2.38. The molecule has 2 aromatic carbocycles. The summed E-state index contributed by atoms with van der Waals surface area (Å²) in [7, 11) is -21.4. The fourth-order valence-electron chi connectivity index (χ4n) is 2.39. The van der Waals surface area contributed by atoms with Crippen molar-refractivity contribution in [2.45, 2.75) is 19.6 Å². The maximum Gasteiger partial charge on any atom is 0.296 e. The third-order valence-electron chi connectivity index (χ3n) is 3.32. The molecular weight excluding hydrogens is 464 g/mol. The van der Waals surface area contributed by atoms with E-state index in [0.717, 1.165) is 24.3 Å². The van der Waals surface area contributed by atoms with Crippen LogP contribution in [0.2, 0.25) is 0 Å². The molecule has 0 radical (unpaired) electrons. The molecule has 2 rings (SSSR count). The lowest BCUT2D eigenvalue weighted by molar-refractivity contribution is 0.465. The Morgan fingerprint density at radius 3 is 0.964 bits per heavy atom. The topological polar surface area (TPSA) is 217 Å². The Balaban J connectivity index is 3.21. The highest BCUT2D eigenvalue weighted by Gasteiger charge is 2.33. The molecule has 0 aliphatic heterocycles. The van der Waals surface area contributed by atoms with E-state index in [1.165, 1.54) is 0 Å². The van der Waals surface area contributed by atoms with Crippen LogP contribution in [0, 0.1) is 0 Å². The summed E-state index contributed by atoms with van der Waals surface area (Å²) in [6.07, 6.45) is 0. The fourth-order valence-corrected chi connectivity index (χ4v) is 6.40. The van der Waals surface area contributed by atoms with E-state index >= 15 is 0 Å². The minimum atomic E-state index is -5.43. The average molecular weight is 474 g/mol. The Morgan fingerprint density at radius 2 is 0.750 bits per heavy atom. The van der Waals surface area contributed by atoms with Gasteiger partial charge in [0.1, 0.15) is 19.6 Å². The molecule has 0 atom stereocenters. The Morgan fingerprint density at radius 1 is 0.464 bits per heavy atom. The van der Waals surface area contributed by atoms with E-state index in [1.54, 1.807) is 0 Å². The predicted molar refractivity (Wildman–Crippen MR) is 91.1 cm³/mol. The monoisotopic (exact) mass is 474 g/mol. The second-order valence-electron chi connectivity index (χ2n) is 5.17. The molecular formula is C12H10O12S4. The third-order valence-corrected chi connectivity index (χ3v) is 7.28. The molecule has 0 bridgehead atoms. The van der Waals surface area contributed by atoms with E-state index in [1.807, 2.05) is 0 Å². The van der Waals surface area contributed by atoms with E-state index in [4.69, 9.17) is 0 Å². The molecule has 0 aliphatic carbocycles. The Hall–Kier alpha value is -1.92. The maximum atomic E-state index is 11.7. The van der Waals surface area contributed by atoms with Gasteiger partial charge in [-0.2, -0.15) is 33.7 Å². The molecule has 0 aromatic heterocycles. The molecule has 2 aromatic rings. The van der Waals surface area contributed by atoms with E-state index in [-0.39, 0.29) is 0 Å². The molecule has 0 aliphatic rings. The van der Waals surface area contributed by atoms with Crippen LogP contribution in [0.1, 0.15) is 0 Å². The largest absolute Gasteiger partial charge is 0.296 e. The summed E-state index contributed by atoms with van der Waals surface area (Å²) in [5.41, 5.74) is -1.79. The summed E-state index contributed by atoms with van der Waals surface area (Å²) in [6, 6.07) is 4.39. The van der Waals surface area contributed by atoms with Crippen molar-refractivity contribution < 1.29 is 51.9 Å². The van der Waals surface area contributed by atoms with Gasteiger partial charge < -0.3 is 0 Å². The third kappa shape index (κ3) is 4.39. The van der Waals surface area contributed by atoms with Crippen molar-refractivity contribution in [2.75, 3.05) is 0 Å². The van der Waals surface area contributed by atoms with Gasteiger partial charge in [0.25, 0.3) is 40.5 Å². The van der Waals surface area contributed by atoms with Crippen molar-refractivity contribution in [3.05, 3.63) is 36.4 Å². The predicted octanol–water partition coefficient (Wildman–Crippen LogP) is 0.340. The molecule has 4 N–H and O–H groups in total. The van der Waals surface area contributed by atoms with Crippen LogP contribution < -0.4 is 0 Å². The standard InChI is InChI=1S/C12H10O12S4/c13-25(14,15)9-5-1-3-7(11(9)27(19,20)21)8-4-2-6-10(26(16,17)18)12(8)28(22,23)24/h1-6H,(H,13,14,15)(H,16,17,18)(H,19,20,21)(H,22,23,24). The zero-order chi connectivity index (χ0) is 21.7. The van der Waals surface area contributed by atoms with Crippen LogP contribution in [0.5, 0.6) is 0 Å². The molecule has 154 valence electrons. The van der Waals surface area contributed by atoms with Gasteiger partial charge in [0.05, 0.1) is 0 Å². The lowest BCUT2D eigenvalue weighted by Gasteiger charge is -2.15. The fraction of sp³-hybridized carbons (Fsp3) is 0. The van der Waals surface area contributed by atoms with Crippen LogP contribution in [-0.2, 0) is 40.5 Å². The maximum absolute atomic E-state index is 11.7. The SMILES string of the molecule is O=S(=O)(O)c1cccc(-c2cccc(S(=O)(=O)O)c2S(=O)(=O)O)c1S(=O)(=O)O. The van der Waals surface area contributed by atoms with Gasteiger partial charge >= 0.3 is 0 Å². The minimum absolute atomic E-state index is 0.571. The van der Waals surface area contributed by atoms with Gasteiger partial charge in [-0.1, -0.05) is 24.3 Å². The second-order valence-corrected chi connectivity index (χ2v) is 10.7. The van der Waals surface area contributed by atoms with Crippen molar-refractivity contribution in [1.29, 1.82) is 0 Å². The van der Waals surface area contributed by atoms with E-state index < -0.39 is 71.2 Å². The van der Waals surface area contributed by atoms with Gasteiger partial charge in [-0.15, -0.1) is 0 Å². The van der Waals surface area contributed by atoms with Crippen molar-refractivity contribution in [1.82, 2.24) is 0 Å². The van der Waals surface area contributed by atoms with Gasteiger partial charge in [0, 0.05) is 11.1 Å². The molecule has 0 saturated carbocycles. The summed E-state index contributed by atoms with van der Waals surface area (Å²) >= 11 is 0. The number of rotatable bonds is 5. The van der Waals surface area contributed by atoms with Crippen LogP contribution in [0.15, 0.2) is 56.0 Å². The van der Waals surface area contributed by atoms with Crippen molar-refractivity contribution >= 4 is 40.5 Å². The van der Waals surface area contributed by atoms with E-state index in [2.05, 4.69) is 0 Å². The number of hydrogen-bond acceptors (Lipinski definition) is 8. The van der Waals surface area contributed by atoms with Crippen molar-refractivity contribution in [2.24, 2.45) is 0 Å². The summed E-state index contributed by atoms with van der Waals surface area (Å²) in [4.78, 5) is -5.64. The second kappa shape index (κ2) is 6.85. The van der Waals surface area contributed by atoms with Crippen molar-refractivity contribution in [3.63, 3.8) is 0 Å². The molecule has 12 nitrogen and oxygen atoms in total. The van der Waals surface area contributed by atoms with Crippen LogP contribution in [0.25, 0.3) is 11.1 Å². The molecule has 0 amide bonds. The quantitative estimate of drug-likeness (QED) is 0.431. The summed E-state index contributed by atoms with van der Waals surface area (Å²) in [5, 5.41) is 0. The van der Waals surface area contributed by atoms with Crippen LogP contribution in [0.4, 0.5) is 0 Å². The van der Waals surface area contributed by atoms with Gasteiger partial charge in [-0.05, 0) is 12.1 Å². The zero-order valence-electron chi connectivity index (χ0n) is 13.2. The highest BCUT2D eigenvalue weighted by molar-refractivity contribution is 7.89. The van der Waals surface area contributed by atoms with Crippen LogP contribution >= 0.6 is 0 Å². The van der Waals surface area contributed by atoms with Crippen LogP contribution in [0.3, 0.4) is 0 Å². The molecule has 0 fully saturated rings. The van der Waals surface area contributed by atoms with Crippen LogP contribution in [-0.4, -0.2) is 51.9 Å². The minimum Gasteiger partial charge on any atom is -0.282 e. The van der Waals surface area contributed by atoms with Gasteiger partial charge in [-0.3, -0.25) is 18.2 Å². The molecule has 0 unspecified atom stereocenters. The Bertz CT molecular complexity index is 1270. The first-order valence-electron chi connectivity index (χ1n) is 6.62. The lowest BCUT2D eigenvalue weighted by Crippen LogP contribution is -2.13. The molecule has 0 spiro atoms. The first-order chi connectivity index (χ1) is 12.5. The van der Waals surface area contributed by atoms with Gasteiger partial charge in [-0.25, -0.2) is 0 Å². The molecule has 0 heterocycles. The number of benzene rings is 2. The average Bonchev–Trinajstić information content (AvgIpc) is 2.50. The molecule has 16 heteroatoms. The summed E-state index contributed by atoms with van der Waals surface area (Å²) < 4.78 is 130. The summed E-state index contributed by atoms with van der Waals surface area (Å²) in [6.45, 7) is 0. The highest BCUT2D eigenvalue weighted by atomic mass is 32.2. The van der Waals surface area contributed by atoms with E-state index in [0.29, 0.717) is 12.1 Å². The smallest absolute Gasteiger partial charge is 0.282 e. The first kappa shape index (κ1) is 22.4. The normalized spacial score (nSPS) is 13.4. The molecule has 0 saturated heterocycles. The van der Waals surface area contributed by atoms with E-state index in [9.17, 15) is 51.9 Å². The summed E-state index contributed by atoms with van der Waals surface area (Å²) in [5.74, 6) is 0. The number of hydrogen-bond donors (Lipinski definition) is 4. The molecule has 28 heavy (non-hydrogen) atoms. The first-order valence-corrected chi connectivity index (χ1v) is 12.4. The van der Waals surface area contributed by atoms with Gasteiger partial charge in [0.15, 0.2) is 0 Å². The van der Waals surface area contributed by atoms with Gasteiger partial charge in [0.2, 0.25) is 0 Å². The Labute approximate surface area is 159 Å². The lowest BCUT2D eigenvalue weighted by atomic mass is 10.1. The zero-order valence-corrected chi connectivity index (χ0v) is 16.4. The van der Waals surface area contributed by atoms with Crippen molar-refractivity contribution in [3.8, 4) is 11.1 Å².